The molecule has 0 saturated carbocycles. The third kappa shape index (κ3) is 2.80. The lowest BCUT2D eigenvalue weighted by atomic mass is 10.1. The fraction of sp³-hybridized carbons (Fsp3) is 0.0870. The molecule has 3 aromatic heterocycles. The number of rotatable bonds is 3. The average molecular weight is 399 g/mol. The summed E-state index contributed by atoms with van der Waals surface area (Å²) >= 11 is 1.72. The molecule has 0 saturated heterocycles. The Kier molecular flexibility index (Phi) is 3.55. The Morgan fingerprint density at radius 2 is 1.93 bits per heavy atom. The summed E-state index contributed by atoms with van der Waals surface area (Å²) in [6.07, 6.45) is 1.85. The van der Waals surface area contributed by atoms with Crippen LogP contribution in [0.25, 0.3) is 31.6 Å². The highest BCUT2D eigenvalue weighted by Crippen LogP contribution is 2.41. The van der Waals surface area contributed by atoms with Crippen LogP contribution in [0.2, 0.25) is 0 Å². The van der Waals surface area contributed by atoms with Crippen LogP contribution in [-0.2, 0) is 0 Å². The molecule has 5 aromatic rings. The van der Waals surface area contributed by atoms with Gasteiger partial charge in [0.1, 0.15) is 0 Å². The molecule has 5 nitrogen and oxygen atoms in total. The molecular formula is C23H17N3O2S. The van der Waals surface area contributed by atoms with Crippen LogP contribution in [0.3, 0.4) is 0 Å². The quantitative estimate of drug-likeness (QED) is 0.378. The van der Waals surface area contributed by atoms with E-state index >= 15 is 0 Å². The van der Waals surface area contributed by atoms with Gasteiger partial charge in [-0.1, -0.05) is 0 Å². The maximum Gasteiger partial charge on any atom is 0.231 e. The number of aryl methyl sites for hydroxylation is 1. The Bertz CT molecular complexity index is 1390. The zero-order valence-electron chi connectivity index (χ0n) is 15.7. The second kappa shape index (κ2) is 6.25. The minimum atomic E-state index is 0.284. The lowest BCUT2D eigenvalue weighted by Crippen LogP contribution is -1.92. The summed E-state index contributed by atoms with van der Waals surface area (Å²) in [5.74, 6) is 1.59. The molecule has 2 aromatic carbocycles. The summed E-state index contributed by atoms with van der Waals surface area (Å²) in [5.41, 5.74) is 6.50. The standard InChI is InChI=1S/C23H17N3O2S/c1-13-8-15-9-16(3-4-17(15)25-13)26-18-6-7-24-19-11-22(29-23(18)19)14-2-5-20-21(10-14)28-12-27-20/h2-11,25H,12H2,1H3,(H,24,26). The Hall–Kier alpha value is -3.51. The molecule has 29 heavy (non-hydrogen) atoms. The van der Waals surface area contributed by atoms with E-state index in [4.69, 9.17) is 9.47 Å². The highest BCUT2D eigenvalue weighted by atomic mass is 32.1. The van der Waals surface area contributed by atoms with Crippen LogP contribution in [0.5, 0.6) is 11.5 Å². The van der Waals surface area contributed by atoms with Crippen molar-refractivity contribution in [3.8, 4) is 21.9 Å². The first-order chi connectivity index (χ1) is 14.2. The second-order valence-corrected chi connectivity index (χ2v) is 8.18. The average Bonchev–Trinajstić information content (AvgIpc) is 3.44. The van der Waals surface area contributed by atoms with E-state index in [1.165, 1.54) is 5.39 Å². The Morgan fingerprint density at radius 1 is 1.00 bits per heavy atom. The van der Waals surface area contributed by atoms with E-state index in [0.29, 0.717) is 0 Å². The Labute approximate surface area is 170 Å². The number of hydrogen-bond acceptors (Lipinski definition) is 5. The van der Waals surface area contributed by atoms with Crippen molar-refractivity contribution in [1.82, 2.24) is 9.97 Å². The minimum absolute atomic E-state index is 0.284. The number of thiophene rings is 1. The van der Waals surface area contributed by atoms with Crippen LogP contribution in [0.15, 0.2) is 60.8 Å². The predicted octanol–water partition coefficient (Wildman–Crippen LogP) is 6.23. The zero-order chi connectivity index (χ0) is 19.4. The summed E-state index contributed by atoms with van der Waals surface area (Å²) in [4.78, 5) is 9.08. The van der Waals surface area contributed by atoms with E-state index < -0.39 is 0 Å². The number of fused-ring (bicyclic) bond motifs is 3. The minimum Gasteiger partial charge on any atom is -0.454 e. The molecular weight excluding hydrogens is 382 g/mol. The third-order valence-electron chi connectivity index (χ3n) is 5.10. The first-order valence-corrected chi connectivity index (χ1v) is 10.2. The second-order valence-electron chi connectivity index (χ2n) is 7.13. The van der Waals surface area contributed by atoms with Crippen molar-refractivity contribution in [2.75, 3.05) is 12.1 Å². The molecule has 0 spiro atoms. The number of anilines is 2. The van der Waals surface area contributed by atoms with Crippen molar-refractivity contribution in [2.45, 2.75) is 6.92 Å². The molecule has 0 amide bonds. The SMILES string of the molecule is Cc1cc2cc(Nc3ccnc4cc(-c5ccc6c(c5)OCO6)sc34)ccc2[nH]1. The molecule has 4 heterocycles. The smallest absolute Gasteiger partial charge is 0.231 e. The molecule has 6 rings (SSSR count). The molecule has 0 radical (unpaired) electrons. The number of ether oxygens (including phenoxy) is 2. The van der Waals surface area contributed by atoms with Crippen molar-refractivity contribution >= 4 is 43.8 Å². The molecule has 6 heteroatoms. The van der Waals surface area contributed by atoms with Gasteiger partial charge in [-0.15, -0.1) is 11.3 Å². The maximum atomic E-state index is 5.53. The van der Waals surface area contributed by atoms with Gasteiger partial charge in [0.2, 0.25) is 6.79 Å². The number of pyridine rings is 1. The molecule has 1 aliphatic rings. The van der Waals surface area contributed by atoms with Gasteiger partial charge in [0.25, 0.3) is 0 Å². The normalized spacial score (nSPS) is 12.7. The molecule has 0 unspecified atom stereocenters. The van der Waals surface area contributed by atoms with Crippen LogP contribution in [0, 0.1) is 6.92 Å². The summed E-state index contributed by atoms with van der Waals surface area (Å²) in [6, 6.07) is 18.7. The van der Waals surface area contributed by atoms with E-state index in [2.05, 4.69) is 58.6 Å². The van der Waals surface area contributed by atoms with Crippen molar-refractivity contribution < 1.29 is 9.47 Å². The topological polar surface area (TPSA) is 59.2 Å². The van der Waals surface area contributed by atoms with E-state index in [9.17, 15) is 0 Å². The number of aromatic nitrogens is 2. The monoisotopic (exact) mass is 399 g/mol. The predicted molar refractivity (Wildman–Crippen MR) is 117 cm³/mol. The van der Waals surface area contributed by atoms with Gasteiger partial charge >= 0.3 is 0 Å². The molecule has 1 aliphatic heterocycles. The maximum absolute atomic E-state index is 5.53. The van der Waals surface area contributed by atoms with Crippen molar-refractivity contribution in [1.29, 1.82) is 0 Å². The number of hydrogen-bond donors (Lipinski definition) is 2. The van der Waals surface area contributed by atoms with Crippen LogP contribution < -0.4 is 14.8 Å². The van der Waals surface area contributed by atoms with Crippen LogP contribution >= 0.6 is 11.3 Å². The van der Waals surface area contributed by atoms with Crippen molar-refractivity contribution in [3.63, 3.8) is 0 Å². The summed E-state index contributed by atoms with van der Waals surface area (Å²) in [5, 5.41) is 4.77. The Balaban J connectivity index is 1.39. The number of nitrogens with one attached hydrogen (secondary N) is 2. The van der Waals surface area contributed by atoms with Gasteiger partial charge in [0.05, 0.1) is 15.9 Å². The van der Waals surface area contributed by atoms with Crippen LogP contribution in [-0.4, -0.2) is 16.8 Å². The summed E-state index contributed by atoms with van der Waals surface area (Å²) in [7, 11) is 0. The van der Waals surface area contributed by atoms with E-state index in [-0.39, 0.29) is 6.79 Å². The molecule has 2 N–H and O–H groups in total. The fourth-order valence-electron chi connectivity index (χ4n) is 3.74. The number of nitrogens with zero attached hydrogens (tertiary/aromatic N) is 1. The van der Waals surface area contributed by atoms with Crippen molar-refractivity contribution in [2.24, 2.45) is 0 Å². The number of H-pyrrole nitrogens is 1. The van der Waals surface area contributed by atoms with E-state index in [1.807, 2.05) is 24.4 Å². The highest BCUT2D eigenvalue weighted by molar-refractivity contribution is 7.22. The molecule has 0 aliphatic carbocycles. The summed E-state index contributed by atoms with van der Waals surface area (Å²) in [6.45, 7) is 2.36. The molecule has 0 fully saturated rings. The van der Waals surface area contributed by atoms with Crippen molar-refractivity contribution in [3.05, 3.63) is 66.5 Å². The first kappa shape index (κ1) is 16.4. The van der Waals surface area contributed by atoms with Gasteiger partial charge < -0.3 is 19.8 Å². The first-order valence-electron chi connectivity index (χ1n) is 9.38. The molecule has 0 atom stereocenters. The Morgan fingerprint density at radius 3 is 2.90 bits per heavy atom. The largest absolute Gasteiger partial charge is 0.454 e. The molecule has 142 valence electrons. The van der Waals surface area contributed by atoms with Gasteiger partial charge in [-0.25, -0.2) is 0 Å². The van der Waals surface area contributed by atoms with Crippen LogP contribution in [0.4, 0.5) is 11.4 Å². The van der Waals surface area contributed by atoms with Gasteiger partial charge in [0.15, 0.2) is 11.5 Å². The van der Waals surface area contributed by atoms with Crippen LogP contribution in [0.1, 0.15) is 5.69 Å². The van der Waals surface area contributed by atoms with Gasteiger partial charge in [-0.2, -0.15) is 0 Å². The fourth-order valence-corrected chi connectivity index (χ4v) is 4.82. The summed E-state index contributed by atoms with van der Waals surface area (Å²) < 4.78 is 12.1. The third-order valence-corrected chi connectivity index (χ3v) is 6.31. The van der Waals surface area contributed by atoms with Gasteiger partial charge in [-0.05, 0) is 67.1 Å². The number of benzene rings is 2. The lowest BCUT2D eigenvalue weighted by molar-refractivity contribution is 0.174. The van der Waals surface area contributed by atoms with Gasteiger partial charge in [-0.3, -0.25) is 4.98 Å². The zero-order valence-corrected chi connectivity index (χ0v) is 16.5. The van der Waals surface area contributed by atoms with E-state index in [0.717, 1.165) is 54.7 Å². The lowest BCUT2D eigenvalue weighted by Gasteiger charge is -2.07. The molecule has 0 bridgehead atoms. The van der Waals surface area contributed by atoms with Gasteiger partial charge in [0, 0.05) is 33.4 Å². The number of aromatic amines is 1. The highest BCUT2D eigenvalue weighted by Gasteiger charge is 2.16. The van der Waals surface area contributed by atoms with E-state index in [1.54, 1.807) is 11.3 Å².